The molecular formula is C4H10BrO3PS2. The van der Waals surface area contributed by atoms with Gasteiger partial charge in [0.25, 0.3) is 5.69 Å². The maximum absolute atomic E-state index is 11.0. The summed E-state index contributed by atoms with van der Waals surface area (Å²) in [7, 11) is -1.37. The molecule has 0 rings (SSSR count). The highest BCUT2D eigenvalue weighted by molar-refractivity contribution is 9.54. The van der Waals surface area contributed by atoms with E-state index in [9.17, 15) is 4.21 Å². The van der Waals surface area contributed by atoms with Crippen molar-refractivity contribution in [3.8, 4) is 0 Å². The molecule has 0 bridgehead atoms. The summed E-state index contributed by atoms with van der Waals surface area (Å²) in [6.45, 7) is 4.43. The Morgan fingerprint density at radius 1 is 1.45 bits per heavy atom. The van der Waals surface area contributed by atoms with Crippen LogP contribution < -0.4 is 0 Å². The van der Waals surface area contributed by atoms with Crippen LogP contribution in [0.15, 0.2) is 0 Å². The van der Waals surface area contributed by atoms with Gasteiger partial charge in [-0.1, -0.05) is 0 Å². The minimum atomic E-state index is -2.57. The lowest BCUT2D eigenvalue weighted by atomic mass is 10.9. The lowest BCUT2D eigenvalue weighted by molar-refractivity contribution is 0.280. The number of halogens is 1. The van der Waals surface area contributed by atoms with Crippen LogP contribution in [0.4, 0.5) is 0 Å². The molecule has 0 aromatic rings. The molecule has 1 unspecified atom stereocenters. The van der Waals surface area contributed by atoms with Crippen LogP contribution in [0.5, 0.6) is 0 Å². The molecule has 0 spiro atoms. The summed E-state index contributed by atoms with van der Waals surface area (Å²) in [6, 6.07) is 0. The van der Waals surface area contributed by atoms with Crippen molar-refractivity contribution in [2.24, 2.45) is 0 Å². The van der Waals surface area contributed by atoms with Gasteiger partial charge in [0.15, 0.2) is 8.85 Å². The topological polar surface area (TPSA) is 35.5 Å². The summed E-state index contributed by atoms with van der Waals surface area (Å²) in [4.78, 5) is 0. The van der Waals surface area contributed by atoms with Crippen LogP contribution in [-0.4, -0.2) is 17.4 Å². The first kappa shape index (κ1) is 12.2. The van der Waals surface area contributed by atoms with E-state index >= 15 is 0 Å². The van der Waals surface area contributed by atoms with E-state index in [4.69, 9.17) is 20.9 Å². The Kier molecular flexibility index (Phi) is 6.41. The fourth-order valence-electron chi connectivity index (χ4n) is 0.436. The Morgan fingerprint density at radius 3 is 2.00 bits per heavy atom. The third-order valence-electron chi connectivity index (χ3n) is 0.750. The maximum atomic E-state index is 11.0. The quantitative estimate of drug-likeness (QED) is 0.572. The van der Waals surface area contributed by atoms with Crippen LogP contribution in [0.2, 0.25) is 0 Å². The largest absolute Gasteiger partial charge is 0.320 e. The summed E-state index contributed by atoms with van der Waals surface area (Å²) >= 11 is 7.81. The zero-order valence-corrected chi connectivity index (χ0v) is 10.4. The van der Waals surface area contributed by atoms with Crippen LogP contribution in [-0.2, 0) is 29.7 Å². The molecule has 7 heteroatoms. The molecule has 0 amide bonds. The predicted molar refractivity (Wildman–Crippen MR) is 54.6 cm³/mol. The van der Waals surface area contributed by atoms with E-state index in [1.54, 1.807) is 13.8 Å². The first-order valence-corrected chi connectivity index (χ1v) is 9.28. The Labute approximate surface area is 81.4 Å². The molecule has 1 atom stereocenters. The molecular weight excluding hydrogens is 271 g/mol. The van der Waals surface area contributed by atoms with Crippen molar-refractivity contribution >= 4 is 41.2 Å². The summed E-state index contributed by atoms with van der Waals surface area (Å²) in [6.07, 6.45) is 0. The van der Waals surface area contributed by atoms with Gasteiger partial charge in [-0.05, 0) is 25.7 Å². The van der Waals surface area contributed by atoms with Crippen molar-refractivity contribution in [3.05, 3.63) is 0 Å². The fraction of sp³-hybridized carbons (Fsp3) is 1.00. The van der Waals surface area contributed by atoms with Gasteiger partial charge in [-0.2, -0.15) is 0 Å². The molecule has 0 aromatic carbocycles. The van der Waals surface area contributed by atoms with E-state index in [1.807, 2.05) is 0 Å². The van der Waals surface area contributed by atoms with Crippen molar-refractivity contribution in [3.63, 3.8) is 0 Å². The SMILES string of the molecule is CCOP(=S)(OCC)S(=O)Br. The molecule has 0 aromatic heterocycles. The molecule has 0 aliphatic rings. The van der Waals surface area contributed by atoms with Gasteiger partial charge >= 0.3 is 0 Å². The van der Waals surface area contributed by atoms with Crippen LogP contribution in [0, 0.1) is 0 Å². The zero-order chi connectivity index (χ0) is 8.91. The second kappa shape index (κ2) is 5.78. The van der Waals surface area contributed by atoms with Crippen molar-refractivity contribution in [1.29, 1.82) is 0 Å². The van der Waals surface area contributed by atoms with Gasteiger partial charge in [0.05, 0.1) is 13.2 Å². The molecule has 68 valence electrons. The van der Waals surface area contributed by atoms with E-state index in [2.05, 4.69) is 14.8 Å². The smallest absolute Gasteiger partial charge is 0.288 e. The van der Waals surface area contributed by atoms with Crippen LogP contribution in [0.1, 0.15) is 13.8 Å². The average molecular weight is 281 g/mol. The first-order chi connectivity index (χ1) is 5.06. The predicted octanol–water partition coefficient (Wildman–Crippen LogP) is 2.34. The van der Waals surface area contributed by atoms with E-state index < -0.39 is 14.5 Å². The van der Waals surface area contributed by atoms with Gasteiger partial charge < -0.3 is 9.05 Å². The Balaban J connectivity index is 4.27. The van der Waals surface area contributed by atoms with Crippen LogP contribution in [0.3, 0.4) is 0 Å². The number of hydrogen-bond acceptors (Lipinski definition) is 4. The van der Waals surface area contributed by atoms with Crippen molar-refractivity contribution in [2.45, 2.75) is 13.8 Å². The molecule has 0 N–H and O–H groups in total. The minimum Gasteiger partial charge on any atom is -0.320 e. The minimum absolute atomic E-state index is 0.425. The van der Waals surface area contributed by atoms with Crippen molar-refractivity contribution in [1.82, 2.24) is 0 Å². The normalized spacial score (nSPS) is 14.8. The Morgan fingerprint density at radius 2 is 1.82 bits per heavy atom. The molecule has 3 nitrogen and oxygen atoms in total. The first-order valence-electron chi connectivity index (χ1n) is 3.04. The summed E-state index contributed by atoms with van der Waals surface area (Å²) in [5.74, 6) is 0. The third kappa shape index (κ3) is 4.10. The fourth-order valence-corrected chi connectivity index (χ4v) is 4.58. The van der Waals surface area contributed by atoms with Gasteiger partial charge in [0.1, 0.15) is 0 Å². The molecule has 0 fully saturated rings. The standard InChI is InChI=1S/C4H10BrO3PS2/c1-3-7-9(10,8-4-2)11(5)6/h3-4H2,1-2H3. The highest BCUT2D eigenvalue weighted by atomic mass is 79.9. The molecule has 11 heavy (non-hydrogen) atoms. The second-order valence-electron chi connectivity index (χ2n) is 1.49. The lowest BCUT2D eigenvalue weighted by Crippen LogP contribution is -1.96. The monoisotopic (exact) mass is 280 g/mol. The molecule has 0 saturated carbocycles. The van der Waals surface area contributed by atoms with Gasteiger partial charge in [-0.15, -0.1) is 0 Å². The molecule has 0 aliphatic heterocycles. The van der Waals surface area contributed by atoms with Gasteiger partial charge in [-0.25, -0.2) is 4.21 Å². The van der Waals surface area contributed by atoms with E-state index in [-0.39, 0.29) is 0 Å². The molecule has 0 aliphatic carbocycles. The molecule has 0 heterocycles. The average Bonchev–Trinajstić information content (AvgIpc) is 1.88. The Bertz CT molecular complexity index is 176. The van der Waals surface area contributed by atoms with Crippen LogP contribution in [0.25, 0.3) is 0 Å². The third-order valence-corrected chi connectivity index (χ3v) is 10.9. The molecule has 0 radical (unpaired) electrons. The second-order valence-corrected chi connectivity index (χ2v) is 11.2. The summed E-state index contributed by atoms with van der Waals surface area (Å²) in [5, 5.41) is 0. The van der Waals surface area contributed by atoms with Gasteiger partial charge in [-0.3, -0.25) is 0 Å². The molecule has 0 saturated heterocycles. The summed E-state index contributed by atoms with van der Waals surface area (Å²) < 4.78 is 21.1. The maximum Gasteiger partial charge on any atom is 0.288 e. The highest BCUT2D eigenvalue weighted by Crippen LogP contribution is 2.54. The van der Waals surface area contributed by atoms with E-state index in [0.717, 1.165) is 0 Å². The van der Waals surface area contributed by atoms with E-state index in [0.29, 0.717) is 13.2 Å². The Hall–Kier alpha value is 1.20. The van der Waals surface area contributed by atoms with Crippen molar-refractivity contribution in [2.75, 3.05) is 13.2 Å². The zero-order valence-electron chi connectivity index (χ0n) is 6.28. The number of hydrogen-bond donors (Lipinski definition) is 0. The van der Waals surface area contributed by atoms with Gasteiger partial charge in [0, 0.05) is 14.8 Å². The lowest BCUT2D eigenvalue weighted by Gasteiger charge is -2.15. The summed E-state index contributed by atoms with van der Waals surface area (Å²) in [5.41, 5.74) is -2.57. The van der Waals surface area contributed by atoms with Gasteiger partial charge in [0.2, 0.25) is 0 Å². The van der Waals surface area contributed by atoms with Crippen molar-refractivity contribution < 1.29 is 13.3 Å². The number of rotatable bonds is 5. The van der Waals surface area contributed by atoms with E-state index in [1.165, 1.54) is 0 Å². The highest BCUT2D eigenvalue weighted by Gasteiger charge is 2.24. The van der Waals surface area contributed by atoms with Crippen LogP contribution >= 0.6 is 20.5 Å².